The highest BCUT2D eigenvalue weighted by Gasteiger charge is 2.23. The maximum absolute atomic E-state index is 11.9. The summed E-state index contributed by atoms with van der Waals surface area (Å²) < 4.78 is 33.7. The second-order valence-electron chi connectivity index (χ2n) is 3.43. The highest BCUT2D eigenvalue weighted by atomic mass is 35.5. The number of hydrogen-bond donors (Lipinski definition) is 0. The predicted molar refractivity (Wildman–Crippen MR) is 72.4 cm³/mol. The summed E-state index contributed by atoms with van der Waals surface area (Å²) in [6.07, 6.45) is 0. The van der Waals surface area contributed by atoms with Crippen LogP contribution in [0.5, 0.6) is 5.75 Å². The van der Waals surface area contributed by atoms with Gasteiger partial charge in [0.15, 0.2) is 10.6 Å². The largest absolute Gasteiger partial charge is 0.444 e. The van der Waals surface area contributed by atoms with Crippen molar-refractivity contribution in [1.29, 1.82) is 0 Å². The third-order valence-electron chi connectivity index (χ3n) is 2.10. The van der Waals surface area contributed by atoms with Crippen LogP contribution in [0.25, 0.3) is 0 Å². The molecule has 2 aromatic rings. The molecule has 0 amide bonds. The highest BCUT2D eigenvalue weighted by molar-refractivity contribution is 7.87. The number of benzene rings is 1. The lowest BCUT2D eigenvalue weighted by atomic mass is 10.3. The third kappa shape index (κ3) is 3.36. The maximum atomic E-state index is 11.9. The molecule has 1 heterocycles. The molecule has 0 atom stereocenters. The number of rotatable bonds is 4. The van der Waals surface area contributed by atoms with Gasteiger partial charge in [0.25, 0.3) is 5.09 Å². The first-order valence-corrected chi connectivity index (χ1v) is 7.63. The van der Waals surface area contributed by atoms with E-state index in [1.807, 2.05) is 0 Å². The molecule has 0 saturated heterocycles. The molecule has 4 nitrogen and oxygen atoms in total. The van der Waals surface area contributed by atoms with E-state index in [-0.39, 0.29) is 16.5 Å². The van der Waals surface area contributed by atoms with Gasteiger partial charge in [-0.15, -0.1) is 0 Å². The molecule has 0 aliphatic carbocycles. The summed E-state index contributed by atoms with van der Waals surface area (Å²) in [7, 11) is -4.12. The van der Waals surface area contributed by atoms with Gasteiger partial charge in [0.1, 0.15) is 5.76 Å². The van der Waals surface area contributed by atoms with E-state index < -0.39 is 20.0 Å². The van der Waals surface area contributed by atoms with E-state index in [4.69, 9.17) is 43.4 Å². The Labute approximate surface area is 125 Å². The van der Waals surface area contributed by atoms with Crippen LogP contribution < -0.4 is 4.18 Å². The molecular weight excluding hydrogens is 335 g/mol. The zero-order valence-electron chi connectivity index (χ0n) is 9.22. The van der Waals surface area contributed by atoms with Crippen LogP contribution >= 0.6 is 34.8 Å². The van der Waals surface area contributed by atoms with Gasteiger partial charge in [-0.2, -0.15) is 8.42 Å². The number of alkyl halides is 2. The first-order valence-electron chi connectivity index (χ1n) is 4.97. The summed E-state index contributed by atoms with van der Waals surface area (Å²) in [5.74, 6) is 0.125. The molecule has 0 fully saturated rings. The Hall–Kier alpha value is -0.880. The van der Waals surface area contributed by atoms with E-state index in [0.717, 1.165) is 0 Å². The van der Waals surface area contributed by atoms with Crippen molar-refractivity contribution >= 4 is 44.9 Å². The first kappa shape index (κ1) is 14.5. The summed E-state index contributed by atoms with van der Waals surface area (Å²) in [6, 6.07) is 8.74. The van der Waals surface area contributed by atoms with E-state index >= 15 is 0 Å². The quantitative estimate of drug-likeness (QED) is 0.618. The van der Waals surface area contributed by atoms with E-state index in [2.05, 4.69) is 0 Å². The molecule has 2 rings (SSSR count). The zero-order valence-corrected chi connectivity index (χ0v) is 12.3. The van der Waals surface area contributed by atoms with Crippen LogP contribution in [0.15, 0.2) is 45.9 Å². The molecule has 0 saturated carbocycles. The number of para-hydroxylation sites is 1. The Morgan fingerprint density at radius 2 is 1.79 bits per heavy atom. The Morgan fingerprint density at radius 3 is 2.37 bits per heavy atom. The normalized spacial score (nSPS) is 11.8. The summed E-state index contributed by atoms with van der Waals surface area (Å²) in [4.78, 5) is -0.954. The van der Waals surface area contributed by atoms with Crippen LogP contribution in [0, 0.1) is 0 Å². The Morgan fingerprint density at radius 1 is 1.11 bits per heavy atom. The minimum Gasteiger partial charge on any atom is -0.444 e. The Balaban J connectivity index is 2.30. The number of hydrogen-bond acceptors (Lipinski definition) is 4. The van der Waals surface area contributed by atoms with Crippen LogP contribution in [0.1, 0.15) is 10.6 Å². The molecule has 0 aliphatic rings. The second kappa shape index (κ2) is 5.63. The van der Waals surface area contributed by atoms with Crippen LogP contribution in [0.4, 0.5) is 0 Å². The summed E-state index contributed by atoms with van der Waals surface area (Å²) >= 11 is 16.9. The fraction of sp³-hybridized carbons (Fsp3) is 0.0909. The summed E-state index contributed by atoms with van der Waals surface area (Å²) in [5.41, 5.74) is 0. The summed E-state index contributed by atoms with van der Waals surface area (Å²) in [5, 5.41) is -0.223. The molecule has 1 aromatic heterocycles. The van der Waals surface area contributed by atoms with Crippen molar-refractivity contribution in [2.45, 2.75) is 9.93 Å². The van der Waals surface area contributed by atoms with Crippen molar-refractivity contribution in [2.24, 2.45) is 0 Å². The summed E-state index contributed by atoms with van der Waals surface area (Å²) in [6.45, 7) is 0. The lowest BCUT2D eigenvalue weighted by Gasteiger charge is -2.05. The average molecular weight is 342 g/mol. The molecule has 0 N–H and O–H groups in total. The molecular formula is C11H7Cl3O4S. The van der Waals surface area contributed by atoms with Crippen molar-refractivity contribution in [1.82, 2.24) is 0 Å². The highest BCUT2D eigenvalue weighted by Crippen LogP contribution is 2.30. The number of furan rings is 1. The molecule has 8 heteroatoms. The molecule has 0 bridgehead atoms. The van der Waals surface area contributed by atoms with Crippen molar-refractivity contribution in [2.75, 3.05) is 0 Å². The maximum Gasteiger partial charge on any atom is 0.373 e. The van der Waals surface area contributed by atoms with Crippen LogP contribution in [-0.2, 0) is 10.1 Å². The average Bonchev–Trinajstić information content (AvgIpc) is 2.82. The first-order chi connectivity index (χ1) is 8.90. The van der Waals surface area contributed by atoms with Gasteiger partial charge in [-0.05, 0) is 24.3 Å². The van der Waals surface area contributed by atoms with Gasteiger partial charge in [-0.25, -0.2) is 0 Å². The molecule has 0 spiro atoms. The van der Waals surface area contributed by atoms with Gasteiger partial charge in [-0.1, -0.05) is 46.9 Å². The molecule has 1 aromatic carbocycles. The van der Waals surface area contributed by atoms with Gasteiger partial charge >= 0.3 is 10.1 Å². The zero-order chi connectivity index (χ0) is 14.0. The van der Waals surface area contributed by atoms with Crippen molar-refractivity contribution in [3.05, 3.63) is 47.2 Å². The third-order valence-corrected chi connectivity index (χ3v) is 3.95. The van der Waals surface area contributed by atoms with Gasteiger partial charge in [-0.3, -0.25) is 0 Å². The predicted octanol–water partition coefficient (Wildman–Crippen LogP) is 4.18. The van der Waals surface area contributed by atoms with E-state index in [9.17, 15) is 8.42 Å². The van der Waals surface area contributed by atoms with Crippen LogP contribution in [0.3, 0.4) is 0 Å². The Bertz CT molecular complexity index is 679. The lowest BCUT2D eigenvalue weighted by Crippen LogP contribution is -2.08. The smallest absolute Gasteiger partial charge is 0.373 e. The van der Waals surface area contributed by atoms with Gasteiger partial charge in [0.05, 0.1) is 5.02 Å². The molecule has 102 valence electrons. The molecule has 0 aliphatic heterocycles. The second-order valence-corrected chi connectivity index (χ2v) is 6.41. The van der Waals surface area contributed by atoms with Crippen LogP contribution in [-0.4, -0.2) is 8.42 Å². The Kier molecular flexibility index (Phi) is 4.30. The SMILES string of the molecule is O=S(=O)(Oc1ccccc1Cl)c1ccc(C(Cl)Cl)o1. The van der Waals surface area contributed by atoms with E-state index in [1.165, 1.54) is 24.3 Å². The van der Waals surface area contributed by atoms with Gasteiger partial charge < -0.3 is 8.60 Å². The van der Waals surface area contributed by atoms with E-state index in [1.54, 1.807) is 12.1 Å². The minimum atomic E-state index is -4.12. The van der Waals surface area contributed by atoms with Crippen molar-refractivity contribution < 1.29 is 17.0 Å². The topological polar surface area (TPSA) is 56.5 Å². The molecule has 19 heavy (non-hydrogen) atoms. The van der Waals surface area contributed by atoms with Gasteiger partial charge in [0, 0.05) is 0 Å². The van der Waals surface area contributed by atoms with Crippen molar-refractivity contribution in [3.63, 3.8) is 0 Å². The van der Waals surface area contributed by atoms with Gasteiger partial charge in [0.2, 0.25) is 0 Å². The van der Waals surface area contributed by atoms with Crippen LogP contribution in [0.2, 0.25) is 5.02 Å². The molecule has 0 unspecified atom stereocenters. The molecule has 0 radical (unpaired) electrons. The minimum absolute atomic E-state index is 0.00964. The van der Waals surface area contributed by atoms with Crippen molar-refractivity contribution in [3.8, 4) is 5.75 Å². The number of halogens is 3. The standard InChI is InChI=1S/C11H7Cl3O4S/c12-7-3-1-2-4-8(7)18-19(15,16)10-6-5-9(17-10)11(13)14/h1-6,11H. The van der Waals surface area contributed by atoms with E-state index in [0.29, 0.717) is 0 Å². The fourth-order valence-corrected chi connectivity index (χ4v) is 2.61. The fourth-order valence-electron chi connectivity index (χ4n) is 1.26. The lowest BCUT2D eigenvalue weighted by molar-refractivity contribution is 0.394. The monoisotopic (exact) mass is 340 g/mol.